The third kappa shape index (κ3) is 76.1. The first-order chi connectivity index (χ1) is 49.2. The largest absolute Gasteiger partial charge is 0.472 e. The molecule has 0 aromatic heterocycles. The Morgan fingerprint density at radius 2 is 0.396 bits per heavy atom. The van der Waals surface area contributed by atoms with Crippen LogP contribution in [0, 0.1) is 0 Å². The Kier molecular flexibility index (Phi) is 74.8. The molecule has 600 valence electrons. The van der Waals surface area contributed by atoms with Gasteiger partial charge in [-0.05, 0) is 25.7 Å². The molecule has 0 aliphatic carbocycles. The van der Waals surface area contributed by atoms with E-state index in [9.17, 15) is 43.2 Å². The van der Waals surface area contributed by atoms with Crippen LogP contribution < -0.4 is 0 Å². The average Bonchev–Trinajstić information content (AvgIpc) is 0.931. The van der Waals surface area contributed by atoms with Gasteiger partial charge in [-0.25, -0.2) is 9.13 Å². The smallest absolute Gasteiger partial charge is 0.462 e. The van der Waals surface area contributed by atoms with Gasteiger partial charge in [0.2, 0.25) is 0 Å². The number of ether oxygens (including phenoxy) is 4. The van der Waals surface area contributed by atoms with Gasteiger partial charge in [0.25, 0.3) is 0 Å². The lowest BCUT2D eigenvalue weighted by atomic mass is 10.0. The van der Waals surface area contributed by atoms with Gasteiger partial charge in [-0.1, -0.05) is 394 Å². The van der Waals surface area contributed by atoms with E-state index >= 15 is 0 Å². The summed E-state index contributed by atoms with van der Waals surface area (Å²) in [6.45, 7) is 5.04. The van der Waals surface area contributed by atoms with E-state index in [-0.39, 0.29) is 25.7 Å². The van der Waals surface area contributed by atoms with Gasteiger partial charge in [-0.3, -0.25) is 37.3 Å². The van der Waals surface area contributed by atoms with Gasteiger partial charge in [0.1, 0.15) is 19.3 Å². The summed E-state index contributed by atoms with van der Waals surface area (Å²) >= 11 is 0. The van der Waals surface area contributed by atoms with Gasteiger partial charge in [-0.2, -0.15) is 0 Å². The number of rotatable bonds is 83. The quantitative estimate of drug-likeness (QED) is 0.0222. The first-order valence-electron chi connectivity index (χ1n) is 42.8. The van der Waals surface area contributed by atoms with Gasteiger partial charge in [0.15, 0.2) is 12.2 Å². The van der Waals surface area contributed by atoms with Crippen LogP contribution in [0.4, 0.5) is 0 Å². The fraction of sp³-hybridized carbons (Fsp3) is 0.951. The maximum atomic E-state index is 13.1. The lowest BCUT2D eigenvalue weighted by Gasteiger charge is -2.21. The van der Waals surface area contributed by atoms with Crippen LogP contribution in [0.1, 0.15) is 445 Å². The Balaban J connectivity index is 5.24. The van der Waals surface area contributed by atoms with Crippen molar-refractivity contribution in [1.82, 2.24) is 0 Å². The fourth-order valence-corrected chi connectivity index (χ4v) is 14.4. The molecule has 3 N–H and O–H groups in total. The molecule has 0 aromatic rings. The molecule has 0 bridgehead atoms. The summed E-state index contributed by atoms with van der Waals surface area (Å²) in [6.07, 6.45) is 69.2. The maximum Gasteiger partial charge on any atom is 0.472 e. The number of hydrogen-bond acceptors (Lipinski definition) is 15. The lowest BCUT2D eigenvalue weighted by molar-refractivity contribution is -0.161. The van der Waals surface area contributed by atoms with Crippen LogP contribution in [0.2, 0.25) is 0 Å². The van der Waals surface area contributed by atoms with Crippen LogP contribution in [0.25, 0.3) is 0 Å². The molecular weight excluding hydrogens is 1320 g/mol. The van der Waals surface area contributed by atoms with Gasteiger partial charge in [0, 0.05) is 25.7 Å². The fourth-order valence-electron chi connectivity index (χ4n) is 12.8. The van der Waals surface area contributed by atoms with E-state index in [4.69, 9.17) is 37.0 Å². The van der Waals surface area contributed by atoms with Crippen LogP contribution >= 0.6 is 15.6 Å². The second-order valence-electron chi connectivity index (χ2n) is 29.5. The molecule has 0 saturated heterocycles. The van der Waals surface area contributed by atoms with Crippen molar-refractivity contribution in [1.29, 1.82) is 0 Å². The van der Waals surface area contributed by atoms with Crippen LogP contribution in [0.15, 0.2) is 0 Å². The van der Waals surface area contributed by atoms with Crippen molar-refractivity contribution in [3.63, 3.8) is 0 Å². The van der Waals surface area contributed by atoms with Crippen molar-refractivity contribution in [2.45, 2.75) is 463 Å². The van der Waals surface area contributed by atoms with E-state index in [2.05, 4.69) is 27.7 Å². The van der Waals surface area contributed by atoms with Gasteiger partial charge >= 0.3 is 39.5 Å². The van der Waals surface area contributed by atoms with Crippen molar-refractivity contribution in [2.75, 3.05) is 39.6 Å². The molecule has 2 unspecified atom stereocenters. The Morgan fingerprint density at radius 3 is 0.584 bits per heavy atom. The molecule has 0 rings (SSSR count). The average molecular weight is 1480 g/mol. The third-order valence-corrected chi connectivity index (χ3v) is 21.3. The molecular formula is C82H160O17P2. The second kappa shape index (κ2) is 76.3. The molecule has 0 aliphatic rings. The summed E-state index contributed by atoms with van der Waals surface area (Å²) in [5.74, 6) is -2.10. The minimum atomic E-state index is -4.96. The zero-order valence-corrected chi connectivity index (χ0v) is 67.7. The van der Waals surface area contributed by atoms with Crippen LogP contribution in [-0.4, -0.2) is 96.7 Å². The lowest BCUT2D eigenvalue weighted by Crippen LogP contribution is -2.30. The number of aliphatic hydroxyl groups is 1. The third-order valence-electron chi connectivity index (χ3n) is 19.4. The number of unbranched alkanes of at least 4 members (excludes halogenated alkanes) is 57. The number of carbonyl (C=O) groups excluding carboxylic acids is 4. The molecule has 0 aliphatic heterocycles. The van der Waals surface area contributed by atoms with E-state index < -0.39 is 97.5 Å². The number of carbonyl (C=O) groups is 4. The summed E-state index contributed by atoms with van der Waals surface area (Å²) in [5.41, 5.74) is 0. The molecule has 0 spiro atoms. The molecule has 0 radical (unpaired) electrons. The van der Waals surface area contributed by atoms with E-state index in [0.717, 1.165) is 89.9 Å². The predicted octanol–water partition coefficient (Wildman–Crippen LogP) is 25.0. The zero-order chi connectivity index (χ0) is 73.9. The molecule has 17 nitrogen and oxygen atoms in total. The van der Waals surface area contributed by atoms with E-state index in [1.807, 2.05) is 0 Å². The second-order valence-corrected chi connectivity index (χ2v) is 32.4. The minimum absolute atomic E-state index is 0.109. The summed E-state index contributed by atoms with van der Waals surface area (Å²) in [6, 6.07) is 0. The summed E-state index contributed by atoms with van der Waals surface area (Å²) < 4.78 is 68.8. The Bertz CT molecular complexity index is 1910. The minimum Gasteiger partial charge on any atom is -0.462 e. The van der Waals surface area contributed by atoms with Gasteiger partial charge < -0.3 is 33.8 Å². The Morgan fingerprint density at radius 1 is 0.238 bits per heavy atom. The van der Waals surface area contributed by atoms with E-state index in [1.165, 1.54) is 276 Å². The molecule has 19 heteroatoms. The molecule has 101 heavy (non-hydrogen) atoms. The molecule has 0 saturated carbocycles. The SMILES string of the molecule is CCCCCCCCCCCCCCCCCCCCCCC(=O)O[C@H](COC(=O)CCCCCCCCCCCCCCCCC)COP(=O)(O)OC[C@@H](O)COP(=O)(O)OC[C@@H](COC(=O)CCCCCCCCCCCCCC)OC(=O)CCCCCCCCCCCCCCCC. The summed E-state index contributed by atoms with van der Waals surface area (Å²) in [4.78, 5) is 73.1. The van der Waals surface area contributed by atoms with Crippen molar-refractivity contribution in [3.05, 3.63) is 0 Å². The van der Waals surface area contributed by atoms with Crippen LogP contribution in [0.5, 0.6) is 0 Å². The maximum absolute atomic E-state index is 13.1. The number of esters is 4. The Hall–Kier alpha value is -1.94. The highest BCUT2D eigenvalue weighted by molar-refractivity contribution is 7.47. The highest BCUT2D eigenvalue weighted by atomic mass is 31.2. The van der Waals surface area contributed by atoms with Gasteiger partial charge in [-0.15, -0.1) is 0 Å². The highest BCUT2D eigenvalue weighted by Crippen LogP contribution is 2.45. The molecule has 0 heterocycles. The van der Waals surface area contributed by atoms with E-state index in [0.29, 0.717) is 25.7 Å². The van der Waals surface area contributed by atoms with Crippen LogP contribution in [-0.2, 0) is 65.4 Å². The van der Waals surface area contributed by atoms with Crippen LogP contribution in [0.3, 0.4) is 0 Å². The number of aliphatic hydroxyl groups excluding tert-OH is 1. The standard InChI is InChI=1S/C82H160O17P2/c1-5-9-13-17-21-25-29-33-36-37-38-39-40-42-45-49-53-57-61-65-69-82(87)99-78(73-93-80(85)67-63-59-55-51-47-44-41-34-30-26-22-18-14-10-6-2)75-97-101(90,91)95-71-76(83)70-94-100(88,89)96-74-77(72-92-79(84)66-62-58-54-50-46-32-28-24-20-16-12-8-4)98-81(86)68-64-60-56-52-48-43-35-31-27-23-19-15-11-7-3/h76-78,83H,5-75H2,1-4H3,(H,88,89)(H,90,91)/t76-,77+,78+/m0/s1. The monoisotopic (exact) mass is 1480 g/mol. The molecule has 0 fully saturated rings. The predicted molar refractivity (Wildman–Crippen MR) is 414 cm³/mol. The van der Waals surface area contributed by atoms with Crippen molar-refractivity contribution in [2.24, 2.45) is 0 Å². The highest BCUT2D eigenvalue weighted by Gasteiger charge is 2.30. The molecule has 0 amide bonds. The summed E-state index contributed by atoms with van der Waals surface area (Å²) in [7, 11) is -9.92. The number of phosphoric acid groups is 2. The van der Waals surface area contributed by atoms with Crippen molar-refractivity contribution < 1.29 is 80.2 Å². The summed E-state index contributed by atoms with van der Waals surface area (Å²) in [5, 5.41) is 10.7. The van der Waals surface area contributed by atoms with Crippen molar-refractivity contribution >= 4 is 39.5 Å². The number of phosphoric ester groups is 2. The molecule has 5 atom stereocenters. The topological polar surface area (TPSA) is 237 Å². The first-order valence-corrected chi connectivity index (χ1v) is 45.8. The first kappa shape index (κ1) is 99.1. The number of hydrogen-bond donors (Lipinski definition) is 3. The molecule has 0 aromatic carbocycles. The van der Waals surface area contributed by atoms with Crippen molar-refractivity contribution in [3.8, 4) is 0 Å². The van der Waals surface area contributed by atoms with Gasteiger partial charge in [0.05, 0.1) is 26.4 Å². The normalized spacial score (nSPS) is 13.8. The van der Waals surface area contributed by atoms with E-state index in [1.54, 1.807) is 0 Å². The Labute approximate surface area is 619 Å². The zero-order valence-electron chi connectivity index (χ0n) is 65.9.